The Morgan fingerprint density at radius 1 is 1.04 bits per heavy atom. The first-order chi connectivity index (χ1) is 12.0. The number of piperidine rings is 1. The Hall–Kier alpha value is -2.57. The van der Waals surface area contributed by atoms with Gasteiger partial charge in [0.05, 0.1) is 6.04 Å². The van der Waals surface area contributed by atoms with Gasteiger partial charge in [-0.1, -0.05) is 0 Å². The van der Waals surface area contributed by atoms with E-state index in [1.807, 2.05) is 25.9 Å². The van der Waals surface area contributed by atoms with Crippen LogP contribution in [0.1, 0.15) is 38.1 Å². The van der Waals surface area contributed by atoms with Crippen LogP contribution in [0.4, 0.5) is 23.3 Å². The molecule has 1 saturated heterocycles. The van der Waals surface area contributed by atoms with Crippen LogP contribution in [0, 0.1) is 0 Å². The van der Waals surface area contributed by atoms with Crippen molar-refractivity contribution in [1.82, 2.24) is 15.0 Å². The summed E-state index contributed by atoms with van der Waals surface area (Å²) in [6.07, 6.45) is 3.91. The van der Waals surface area contributed by atoms with Crippen LogP contribution in [0.15, 0.2) is 24.3 Å². The Bertz CT molecular complexity index is 693. The molecule has 0 radical (unpaired) electrons. The van der Waals surface area contributed by atoms with Gasteiger partial charge in [-0.15, -0.1) is 0 Å². The van der Waals surface area contributed by atoms with Crippen LogP contribution < -0.4 is 20.9 Å². The lowest BCUT2D eigenvalue weighted by Gasteiger charge is -2.29. The number of nitrogens with zero attached hydrogens (tertiary/aromatic N) is 5. The number of benzene rings is 1. The lowest BCUT2D eigenvalue weighted by molar-refractivity contribution is 0.578. The van der Waals surface area contributed by atoms with Gasteiger partial charge in [-0.25, -0.2) is 0 Å². The highest BCUT2D eigenvalue weighted by atomic mass is 15.3. The number of hydrogen-bond donors (Lipinski definition) is 2. The van der Waals surface area contributed by atoms with Crippen molar-refractivity contribution in [2.24, 2.45) is 0 Å². The van der Waals surface area contributed by atoms with Crippen LogP contribution in [0.25, 0.3) is 0 Å². The number of nitrogens with one attached hydrogen (secondary N) is 1. The van der Waals surface area contributed by atoms with Gasteiger partial charge in [-0.05, 0) is 50.5 Å². The van der Waals surface area contributed by atoms with E-state index in [1.54, 1.807) is 0 Å². The predicted molar refractivity (Wildman–Crippen MR) is 103 cm³/mol. The third kappa shape index (κ3) is 4.29. The van der Waals surface area contributed by atoms with E-state index in [2.05, 4.69) is 49.4 Å². The quantitative estimate of drug-likeness (QED) is 0.865. The molecule has 1 aromatic carbocycles. The highest BCUT2D eigenvalue weighted by molar-refractivity contribution is 5.55. The number of rotatable bonds is 5. The van der Waals surface area contributed by atoms with Crippen molar-refractivity contribution < 1.29 is 0 Å². The van der Waals surface area contributed by atoms with E-state index >= 15 is 0 Å². The second-order valence-electron chi connectivity index (χ2n) is 6.71. The average molecular weight is 341 g/mol. The topological polar surface area (TPSA) is 83.2 Å². The van der Waals surface area contributed by atoms with Crippen molar-refractivity contribution >= 4 is 23.3 Å². The fourth-order valence-corrected chi connectivity index (χ4v) is 3.03. The van der Waals surface area contributed by atoms with Crippen molar-refractivity contribution in [2.75, 3.05) is 48.0 Å². The molecular formula is C18H27N7. The van der Waals surface area contributed by atoms with Crippen molar-refractivity contribution in [1.29, 1.82) is 0 Å². The Labute approximate surface area is 149 Å². The second kappa shape index (κ2) is 7.55. The molecular weight excluding hydrogens is 314 g/mol. The molecule has 1 fully saturated rings. The molecule has 134 valence electrons. The van der Waals surface area contributed by atoms with E-state index in [4.69, 9.17) is 5.73 Å². The van der Waals surface area contributed by atoms with Crippen molar-refractivity contribution in [3.8, 4) is 0 Å². The van der Waals surface area contributed by atoms with Crippen LogP contribution in [0.2, 0.25) is 0 Å². The molecule has 1 unspecified atom stereocenters. The number of hydrogen-bond acceptors (Lipinski definition) is 7. The second-order valence-corrected chi connectivity index (χ2v) is 6.71. The first kappa shape index (κ1) is 17.3. The zero-order chi connectivity index (χ0) is 17.8. The van der Waals surface area contributed by atoms with Crippen LogP contribution in [-0.4, -0.2) is 42.1 Å². The molecule has 2 aromatic rings. The zero-order valence-electron chi connectivity index (χ0n) is 15.2. The van der Waals surface area contributed by atoms with Gasteiger partial charge >= 0.3 is 0 Å². The van der Waals surface area contributed by atoms with Crippen LogP contribution in [-0.2, 0) is 0 Å². The van der Waals surface area contributed by atoms with Gasteiger partial charge < -0.3 is 20.9 Å². The van der Waals surface area contributed by atoms with Gasteiger partial charge in [0.1, 0.15) is 0 Å². The Morgan fingerprint density at radius 2 is 1.72 bits per heavy atom. The molecule has 1 aromatic heterocycles. The third-order valence-corrected chi connectivity index (χ3v) is 4.42. The summed E-state index contributed by atoms with van der Waals surface area (Å²) in [6, 6.07) is 8.50. The Balaban J connectivity index is 1.69. The lowest BCUT2D eigenvalue weighted by Crippen LogP contribution is -2.29. The first-order valence-electron chi connectivity index (χ1n) is 8.83. The lowest BCUT2D eigenvalue weighted by atomic mass is 10.1. The predicted octanol–water partition coefficient (Wildman–Crippen LogP) is 2.68. The van der Waals surface area contributed by atoms with Crippen LogP contribution >= 0.6 is 0 Å². The van der Waals surface area contributed by atoms with E-state index in [0.29, 0.717) is 11.8 Å². The minimum Gasteiger partial charge on any atom is -0.375 e. The zero-order valence-corrected chi connectivity index (χ0v) is 15.2. The molecule has 7 nitrogen and oxygen atoms in total. The molecule has 3 rings (SSSR count). The largest absolute Gasteiger partial charge is 0.375 e. The van der Waals surface area contributed by atoms with E-state index in [-0.39, 0.29) is 12.0 Å². The van der Waals surface area contributed by atoms with Crippen molar-refractivity contribution in [3.63, 3.8) is 0 Å². The molecule has 0 amide bonds. The summed E-state index contributed by atoms with van der Waals surface area (Å²) in [5.41, 5.74) is 8.14. The highest BCUT2D eigenvalue weighted by Gasteiger charge is 2.14. The van der Waals surface area contributed by atoms with Crippen molar-refractivity contribution in [3.05, 3.63) is 30.1 Å². The maximum absolute atomic E-state index is 5.81. The molecule has 0 aliphatic carbocycles. The summed E-state index contributed by atoms with van der Waals surface area (Å²) in [4.78, 5) is 17.1. The minimum absolute atomic E-state index is 0.0650. The van der Waals surface area contributed by atoms with Gasteiger partial charge in [-0.3, -0.25) is 0 Å². The standard InChI is InChI=1S/C18H27N7/c1-13(16-21-17(19)23-18(22-16)24(2)3)20-14-7-9-15(10-8-14)25-11-5-4-6-12-25/h7-10,13,20H,4-6,11-12H2,1-3H3,(H2,19,21,22,23). The summed E-state index contributed by atoms with van der Waals surface area (Å²) >= 11 is 0. The summed E-state index contributed by atoms with van der Waals surface area (Å²) in [7, 11) is 3.77. The molecule has 1 atom stereocenters. The summed E-state index contributed by atoms with van der Waals surface area (Å²) in [5.74, 6) is 1.44. The van der Waals surface area contributed by atoms with Crippen LogP contribution in [0.3, 0.4) is 0 Å². The first-order valence-corrected chi connectivity index (χ1v) is 8.83. The fourth-order valence-electron chi connectivity index (χ4n) is 3.03. The molecule has 7 heteroatoms. The van der Waals surface area contributed by atoms with Gasteiger partial charge in [0.2, 0.25) is 11.9 Å². The van der Waals surface area contributed by atoms with Gasteiger partial charge in [0.25, 0.3) is 0 Å². The molecule has 0 saturated carbocycles. The molecule has 25 heavy (non-hydrogen) atoms. The monoisotopic (exact) mass is 341 g/mol. The number of nitrogens with two attached hydrogens (primary N) is 1. The Morgan fingerprint density at radius 3 is 2.36 bits per heavy atom. The molecule has 2 heterocycles. The molecule has 1 aliphatic rings. The molecule has 1 aliphatic heterocycles. The SMILES string of the molecule is CC(Nc1ccc(N2CCCCC2)cc1)c1nc(N)nc(N(C)C)n1. The van der Waals surface area contributed by atoms with Crippen molar-refractivity contribution in [2.45, 2.75) is 32.2 Å². The van der Waals surface area contributed by atoms with Gasteiger partial charge in [-0.2, -0.15) is 15.0 Å². The summed E-state index contributed by atoms with van der Waals surface area (Å²) in [5, 5.41) is 3.44. The normalized spacial score (nSPS) is 15.7. The number of anilines is 4. The van der Waals surface area contributed by atoms with E-state index in [1.165, 1.54) is 24.9 Å². The van der Waals surface area contributed by atoms with Gasteiger partial charge in [0, 0.05) is 38.6 Å². The highest BCUT2D eigenvalue weighted by Crippen LogP contribution is 2.24. The fraction of sp³-hybridized carbons (Fsp3) is 0.500. The maximum Gasteiger partial charge on any atom is 0.229 e. The third-order valence-electron chi connectivity index (χ3n) is 4.42. The van der Waals surface area contributed by atoms with Crippen LogP contribution in [0.5, 0.6) is 0 Å². The van der Waals surface area contributed by atoms with E-state index in [0.717, 1.165) is 18.8 Å². The average Bonchev–Trinajstić information content (AvgIpc) is 2.62. The van der Waals surface area contributed by atoms with E-state index < -0.39 is 0 Å². The number of aromatic nitrogens is 3. The molecule has 0 bridgehead atoms. The minimum atomic E-state index is -0.0650. The molecule has 3 N–H and O–H groups in total. The van der Waals surface area contributed by atoms with E-state index in [9.17, 15) is 0 Å². The van der Waals surface area contributed by atoms with Gasteiger partial charge in [0.15, 0.2) is 5.82 Å². The number of nitrogen functional groups attached to an aromatic ring is 1. The summed E-state index contributed by atoms with van der Waals surface area (Å²) < 4.78 is 0. The summed E-state index contributed by atoms with van der Waals surface area (Å²) in [6.45, 7) is 4.33. The molecule has 0 spiro atoms. The smallest absolute Gasteiger partial charge is 0.229 e. The Kier molecular flexibility index (Phi) is 5.21. The maximum atomic E-state index is 5.81.